The van der Waals surface area contributed by atoms with Gasteiger partial charge in [-0.3, -0.25) is 14.6 Å². The zero-order valence-corrected chi connectivity index (χ0v) is 10.8. The van der Waals surface area contributed by atoms with Crippen molar-refractivity contribution < 1.29 is 14.7 Å². The van der Waals surface area contributed by atoms with Crippen molar-refractivity contribution in [2.75, 3.05) is 27.2 Å². The minimum absolute atomic E-state index is 0.00983. The van der Waals surface area contributed by atoms with Gasteiger partial charge >= 0.3 is 0 Å². The zero-order chi connectivity index (χ0) is 13.7. The Morgan fingerprint density at radius 3 is 2.56 bits per heavy atom. The molecule has 0 aliphatic rings. The molecule has 0 saturated heterocycles. The number of aromatic hydroxyl groups is 1. The number of aromatic nitrogens is 1. The monoisotopic (exact) mass is 251 g/mol. The summed E-state index contributed by atoms with van der Waals surface area (Å²) in [6.45, 7) is 2.16. The van der Waals surface area contributed by atoms with Crippen LogP contribution < -0.4 is 0 Å². The van der Waals surface area contributed by atoms with Gasteiger partial charge in [-0.1, -0.05) is 0 Å². The van der Waals surface area contributed by atoms with Crippen LogP contribution in [0.1, 0.15) is 17.3 Å². The molecule has 0 bridgehead atoms. The van der Waals surface area contributed by atoms with Crippen LogP contribution in [-0.2, 0) is 4.79 Å². The molecule has 2 amide bonds. The number of rotatable bonds is 4. The van der Waals surface area contributed by atoms with E-state index in [9.17, 15) is 14.7 Å². The molecule has 0 aromatic carbocycles. The molecule has 1 aromatic heterocycles. The largest absolute Gasteiger partial charge is 0.505 e. The molecule has 6 nitrogen and oxygen atoms in total. The second-order valence-electron chi connectivity index (χ2n) is 4.00. The molecule has 0 saturated carbocycles. The molecule has 1 heterocycles. The molecule has 6 heteroatoms. The molecule has 0 unspecified atom stereocenters. The van der Waals surface area contributed by atoms with E-state index in [4.69, 9.17) is 0 Å². The lowest BCUT2D eigenvalue weighted by Crippen LogP contribution is -2.40. The second-order valence-corrected chi connectivity index (χ2v) is 4.00. The predicted octanol–water partition coefficient (Wildman–Crippen LogP) is 0.337. The average Bonchev–Trinajstić information content (AvgIpc) is 2.35. The molecular formula is C12H17N3O3. The highest BCUT2D eigenvalue weighted by molar-refractivity contribution is 5.98. The van der Waals surface area contributed by atoms with E-state index in [1.165, 1.54) is 28.3 Å². The van der Waals surface area contributed by atoms with Gasteiger partial charge in [0.1, 0.15) is 5.75 Å². The molecule has 0 atom stereocenters. The summed E-state index contributed by atoms with van der Waals surface area (Å²) < 4.78 is 0. The Morgan fingerprint density at radius 2 is 2.06 bits per heavy atom. The second kappa shape index (κ2) is 6.00. The Bertz CT molecular complexity index is 446. The Labute approximate surface area is 106 Å². The molecule has 18 heavy (non-hydrogen) atoms. The van der Waals surface area contributed by atoms with E-state index < -0.39 is 0 Å². The molecule has 1 aromatic rings. The zero-order valence-electron chi connectivity index (χ0n) is 10.8. The quantitative estimate of drug-likeness (QED) is 0.837. The number of likely N-dealkylation sites (N-methyl/N-ethyl adjacent to an activating group) is 2. The van der Waals surface area contributed by atoms with Crippen LogP contribution in [-0.4, -0.2) is 58.9 Å². The molecule has 0 spiro atoms. The third-order valence-corrected chi connectivity index (χ3v) is 2.52. The summed E-state index contributed by atoms with van der Waals surface area (Å²) in [6.07, 6.45) is 2.63. The van der Waals surface area contributed by atoms with Crippen LogP contribution in [0, 0.1) is 0 Å². The fourth-order valence-corrected chi connectivity index (χ4v) is 1.37. The Morgan fingerprint density at radius 1 is 1.39 bits per heavy atom. The van der Waals surface area contributed by atoms with Gasteiger partial charge in [-0.05, 0) is 13.0 Å². The maximum atomic E-state index is 12.1. The van der Waals surface area contributed by atoms with Gasteiger partial charge < -0.3 is 14.9 Å². The van der Waals surface area contributed by atoms with Gasteiger partial charge in [0, 0.05) is 26.8 Å². The third-order valence-electron chi connectivity index (χ3n) is 2.52. The van der Waals surface area contributed by atoms with E-state index in [0.29, 0.717) is 6.54 Å². The van der Waals surface area contributed by atoms with Gasteiger partial charge in [0.05, 0.1) is 18.3 Å². The number of pyridine rings is 1. The van der Waals surface area contributed by atoms with Crippen LogP contribution in [0.5, 0.6) is 5.75 Å². The van der Waals surface area contributed by atoms with Crippen molar-refractivity contribution in [3.63, 3.8) is 0 Å². The van der Waals surface area contributed by atoms with Crippen molar-refractivity contribution >= 4 is 11.8 Å². The highest BCUT2D eigenvalue weighted by Crippen LogP contribution is 2.16. The number of hydrogen-bond acceptors (Lipinski definition) is 4. The fourth-order valence-electron chi connectivity index (χ4n) is 1.37. The fraction of sp³-hybridized carbons (Fsp3) is 0.417. The molecule has 1 rings (SSSR count). The number of amides is 2. The Kier molecular flexibility index (Phi) is 4.65. The van der Waals surface area contributed by atoms with Crippen LogP contribution in [0.25, 0.3) is 0 Å². The van der Waals surface area contributed by atoms with Gasteiger partial charge in [-0.25, -0.2) is 0 Å². The molecule has 0 aliphatic heterocycles. The number of nitrogens with zero attached hydrogens (tertiary/aromatic N) is 3. The molecule has 0 radical (unpaired) electrons. The minimum Gasteiger partial charge on any atom is -0.505 e. The molecule has 98 valence electrons. The number of carbonyl (C=O) groups is 2. The van der Waals surface area contributed by atoms with Gasteiger partial charge in [0.15, 0.2) is 0 Å². The average molecular weight is 251 g/mol. The van der Waals surface area contributed by atoms with Crippen LogP contribution in [0.4, 0.5) is 0 Å². The van der Waals surface area contributed by atoms with Gasteiger partial charge in [-0.15, -0.1) is 0 Å². The molecule has 1 N–H and O–H groups in total. The van der Waals surface area contributed by atoms with E-state index in [-0.39, 0.29) is 29.7 Å². The molecule has 0 fully saturated rings. The Hall–Kier alpha value is -2.11. The summed E-state index contributed by atoms with van der Waals surface area (Å²) in [5.74, 6) is -0.732. The summed E-state index contributed by atoms with van der Waals surface area (Å²) in [5.41, 5.74) is 0.151. The summed E-state index contributed by atoms with van der Waals surface area (Å²) in [6, 6.07) is 1.43. The minimum atomic E-state index is -0.382. The van der Waals surface area contributed by atoms with Crippen molar-refractivity contribution in [2.45, 2.75) is 6.92 Å². The normalized spacial score (nSPS) is 9.94. The number of carbonyl (C=O) groups excluding carboxylic acids is 2. The summed E-state index contributed by atoms with van der Waals surface area (Å²) in [7, 11) is 3.26. The lowest BCUT2D eigenvalue weighted by atomic mass is 10.2. The number of hydrogen-bond donors (Lipinski definition) is 1. The standard InChI is InChI=1S/C12H17N3O3/c1-4-15(8-11(17)14(2)3)12(18)9-5-6-13-7-10(9)16/h5-7,16H,4,8H2,1-3H3. The van der Waals surface area contributed by atoms with Crippen LogP contribution in [0.2, 0.25) is 0 Å². The van der Waals surface area contributed by atoms with Crippen LogP contribution in [0.15, 0.2) is 18.5 Å². The summed E-state index contributed by atoms with van der Waals surface area (Å²) in [4.78, 5) is 30.2. The smallest absolute Gasteiger partial charge is 0.258 e. The van der Waals surface area contributed by atoms with Gasteiger partial charge in [-0.2, -0.15) is 0 Å². The van der Waals surface area contributed by atoms with Crippen LogP contribution in [0.3, 0.4) is 0 Å². The SMILES string of the molecule is CCN(CC(=O)N(C)C)C(=O)c1ccncc1O. The lowest BCUT2D eigenvalue weighted by Gasteiger charge is -2.22. The van der Waals surface area contributed by atoms with Crippen molar-refractivity contribution in [3.05, 3.63) is 24.0 Å². The van der Waals surface area contributed by atoms with Gasteiger partial charge in [0.2, 0.25) is 5.91 Å². The first kappa shape index (κ1) is 14.0. The first-order valence-corrected chi connectivity index (χ1v) is 5.59. The topological polar surface area (TPSA) is 73.7 Å². The highest BCUT2D eigenvalue weighted by Gasteiger charge is 2.20. The molecular weight excluding hydrogens is 234 g/mol. The van der Waals surface area contributed by atoms with E-state index in [1.54, 1.807) is 21.0 Å². The van der Waals surface area contributed by atoms with E-state index in [1.807, 2.05) is 0 Å². The summed E-state index contributed by atoms with van der Waals surface area (Å²) >= 11 is 0. The molecule has 0 aliphatic carbocycles. The van der Waals surface area contributed by atoms with Crippen molar-refractivity contribution in [1.29, 1.82) is 0 Å². The summed E-state index contributed by atoms with van der Waals surface area (Å²) in [5, 5.41) is 9.56. The van der Waals surface area contributed by atoms with Crippen molar-refractivity contribution in [1.82, 2.24) is 14.8 Å². The maximum absolute atomic E-state index is 12.1. The first-order chi connectivity index (χ1) is 8.47. The van der Waals surface area contributed by atoms with Crippen molar-refractivity contribution in [3.8, 4) is 5.75 Å². The van der Waals surface area contributed by atoms with E-state index in [2.05, 4.69) is 4.98 Å². The Balaban J connectivity index is 2.87. The highest BCUT2D eigenvalue weighted by atomic mass is 16.3. The lowest BCUT2D eigenvalue weighted by molar-refractivity contribution is -0.129. The maximum Gasteiger partial charge on any atom is 0.258 e. The van der Waals surface area contributed by atoms with Gasteiger partial charge in [0.25, 0.3) is 5.91 Å². The first-order valence-electron chi connectivity index (χ1n) is 5.59. The van der Waals surface area contributed by atoms with Crippen LogP contribution >= 0.6 is 0 Å². The predicted molar refractivity (Wildman–Crippen MR) is 66.2 cm³/mol. The third kappa shape index (κ3) is 3.19. The van der Waals surface area contributed by atoms with E-state index in [0.717, 1.165) is 0 Å². The van der Waals surface area contributed by atoms with E-state index >= 15 is 0 Å². The van der Waals surface area contributed by atoms with Crippen molar-refractivity contribution in [2.24, 2.45) is 0 Å².